The minimum atomic E-state index is -0.323. The molecule has 1 atom stereocenters. The van der Waals surface area contributed by atoms with Crippen LogP contribution in [0, 0.1) is 11.5 Å². The highest BCUT2D eigenvalue weighted by molar-refractivity contribution is 5.92. The molecule has 7 nitrogen and oxygen atoms in total. The molecule has 0 spiro atoms. The summed E-state index contributed by atoms with van der Waals surface area (Å²) in [6.07, 6.45) is 2.82. The van der Waals surface area contributed by atoms with Gasteiger partial charge in [0.05, 0.1) is 7.11 Å². The van der Waals surface area contributed by atoms with E-state index >= 15 is 0 Å². The number of hydrogen-bond acceptors (Lipinski definition) is 6. The van der Waals surface area contributed by atoms with Gasteiger partial charge in [-0.25, -0.2) is 0 Å². The summed E-state index contributed by atoms with van der Waals surface area (Å²) in [5.41, 5.74) is 1.38. The zero-order chi connectivity index (χ0) is 16.2. The lowest BCUT2D eigenvalue weighted by Gasteiger charge is -2.10. The van der Waals surface area contributed by atoms with Crippen LogP contribution in [0.2, 0.25) is 0 Å². The van der Waals surface area contributed by atoms with Crippen molar-refractivity contribution in [3.8, 4) is 23.2 Å². The molecule has 0 aliphatic carbocycles. The first-order chi connectivity index (χ1) is 11.2. The summed E-state index contributed by atoms with van der Waals surface area (Å²) in [4.78, 5) is 13.8. The molecule has 23 heavy (non-hydrogen) atoms. The van der Waals surface area contributed by atoms with Gasteiger partial charge in [0.25, 0.3) is 5.91 Å². The van der Waals surface area contributed by atoms with Crippen LogP contribution >= 0.6 is 0 Å². The Morgan fingerprint density at radius 1 is 1.52 bits per heavy atom. The maximum absolute atomic E-state index is 12.2. The van der Waals surface area contributed by atoms with Crippen molar-refractivity contribution >= 4 is 5.91 Å². The minimum absolute atomic E-state index is 0.0486. The molecule has 2 aromatic rings. The Morgan fingerprint density at radius 3 is 3.13 bits per heavy atom. The lowest BCUT2D eigenvalue weighted by molar-refractivity contribution is 0.0901. The summed E-state index contributed by atoms with van der Waals surface area (Å²) in [5.74, 6) is 0.536. The van der Waals surface area contributed by atoms with E-state index in [1.54, 1.807) is 18.1 Å². The SMILES string of the molecule is COc1cccc(-c2cc(C(=O)N[C@@H]3CCN(C#N)C3)on2)c1. The number of benzene rings is 1. The van der Waals surface area contributed by atoms with Crippen LogP contribution < -0.4 is 10.1 Å². The third-order valence-electron chi connectivity index (χ3n) is 3.76. The Hall–Kier alpha value is -3.01. The van der Waals surface area contributed by atoms with E-state index in [0.717, 1.165) is 12.0 Å². The van der Waals surface area contributed by atoms with Crippen molar-refractivity contribution in [3.05, 3.63) is 36.1 Å². The van der Waals surface area contributed by atoms with Crippen molar-refractivity contribution in [3.63, 3.8) is 0 Å². The summed E-state index contributed by atoms with van der Waals surface area (Å²) >= 11 is 0. The van der Waals surface area contributed by atoms with Crippen molar-refractivity contribution in [1.82, 2.24) is 15.4 Å². The van der Waals surface area contributed by atoms with Crippen molar-refractivity contribution < 1.29 is 14.1 Å². The highest BCUT2D eigenvalue weighted by Crippen LogP contribution is 2.23. The Bertz CT molecular complexity index is 750. The van der Waals surface area contributed by atoms with Crippen molar-refractivity contribution in [2.75, 3.05) is 20.2 Å². The number of likely N-dealkylation sites (tertiary alicyclic amines) is 1. The lowest BCUT2D eigenvalue weighted by Crippen LogP contribution is -2.36. The number of ether oxygens (including phenoxy) is 1. The summed E-state index contributed by atoms with van der Waals surface area (Å²) in [6, 6.07) is 8.91. The third-order valence-corrected chi connectivity index (χ3v) is 3.76. The third kappa shape index (κ3) is 3.26. The first-order valence-corrected chi connectivity index (χ1v) is 7.26. The standard InChI is InChI=1S/C16H16N4O3/c1-22-13-4-2-3-11(7-13)14-8-15(23-19-14)16(21)18-12-5-6-20(9-12)10-17/h2-4,7-8,12H,5-6,9H2,1H3,(H,18,21)/t12-/m1/s1. The lowest BCUT2D eigenvalue weighted by atomic mass is 10.1. The van der Waals surface area contributed by atoms with Gasteiger partial charge in [-0.05, 0) is 18.6 Å². The average molecular weight is 312 g/mol. The molecule has 1 fully saturated rings. The van der Waals surface area contributed by atoms with Crippen molar-refractivity contribution in [2.45, 2.75) is 12.5 Å². The van der Waals surface area contributed by atoms with E-state index in [-0.39, 0.29) is 17.7 Å². The second-order valence-electron chi connectivity index (χ2n) is 5.31. The minimum Gasteiger partial charge on any atom is -0.497 e. The maximum atomic E-state index is 12.2. The second-order valence-corrected chi connectivity index (χ2v) is 5.31. The van der Waals surface area contributed by atoms with Crippen LogP contribution in [0.4, 0.5) is 0 Å². The fraction of sp³-hybridized carbons (Fsp3) is 0.312. The number of carbonyl (C=O) groups excluding carboxylic acids is 1. The molecule has 1 saturated heterocycles. The molecular weight excluding hydrogens is 296 g/mol. The quantitative estimate of drug-likeness (QED) is 0.863. The van der Waals surface area contributed by atoms with Crippen LogP contribution in [0.1, 0.15) is 17.0 Å². The largest absolute Gasteiger partial charge is 0.497 e. The molecule has 7 heteroatoms. The van der Waals surface area contributed by atoms with E-state index in [9.17, 15) is 4.79 Å². The number of nitriles is 1. The van der Waals surface area contributed by atoms with Crippen molar-refractivity contribution in [1.29, 1.82) is 5.26 Å². The number of hydrogen-bond donors (Lipinski definition) is 1. The first-order valence-electron chi connectivity index (χ1n) is 7.26. The molecule has 1 N–H and O–H groups in total. The van der Waals surface area contributed by atoms with Gasteiger partial charge in [-0.3, -0.25) is 4.79 Å². The first kappa shape index (κ1) is 14.9. The van der Waals surface area contributed by atoms with Gasteiger partial charge in [0.2, 0.25) is 5.76 Å². The summed E-state index contributed by atoms with van der Waals surface area (Å²) < 4.78 is 10.3. The predicted octanol–water partition coefficient (Wildman–Crippen LogP) is 1.64. The van der Waals surface area contributed by atoms with Crippen LogP contribution in [0.5, 0.6) is 5.75 Å². The number of methoxy groups -OCH3 is 1. The molecular formula is C16H16N4O3. The molecule has 0 bridgehead atoms. The van der Waals surface area contributed by atoms with Crippen LogP contribution in [0.25, 0.3) is 11.3 Å². The summed E-state index contributed by atoms with van der Waals surface area (Å²) in [5, 5.41) is 15.6. The van der Waals surface area contributed by atoms with Gasteiger partial charge >= 0.3 is 0 Å². The zero-order valence-corrected chi connectivity index (χ0v) is 12.7. The molecule has 1 aliphatic heterocycles. The van der Waals surface area contributed by atoms with Gasteiger partial charge in [-0.15, -0.1) is 0 Å². The van der Waals surface area contributed by atoms with Gasteiger partial charge in [0.15, 0.2) is 6.19 Å². The van der Waals surface area contributed by atoms with E-state index in [1.807, 2.05) is 24.3 Å². The zero-order valence-electron chi connectivity index (χ0n) is 12.7. The van der Waals surface area contributed by atoms with Crippen LogP contribution in [0.15, 0.2) is 34.9 Å². The Balaban J connectivity index is 1.69. The smallest absolute Gasteiger partial charge is 0.290 e. The Morgan fingerprint density at radius 2 is 2.39 bits per heavy atom. The highest BCUT2D eigenvalue weighted by atomic mass is 16.5. The van der Waals surface area contributed by atoms with E-state index in [1.165, 1.54) is 0 Å². The molecule has 1 amide bonds. The van der Waals surface area contributed by atoms with Gasteiger partial charge in [0, 0.05) is 30.8 Å². The van der Waals surface area contributed by atoms with Gasteiger partial charge in [-0.2, -0.15) is 5.26 Å². The summed E-state index contributed by atoms with van der Waals surface area (Å²) in [6.45, 7) is 1.19. The molecule has 1 aromatic heterocycles. The number of amides is 1. The van der Waals surface area contributed by atoms with Gasteiger partial charge in [-0.1, -0.05) is 17.3 Å². The molecule has 0 radical (unpaired) electrons. The number of aromatic nitrogens is 1. The number of nitrogens with zero attached hydrogens (tertiary/aromatic N) is 3. The van der Waals surface area contributed by atoms with E-state index in [2.05, 4.69) is 16.7 Å². The Kier molecular flexibility index (Phi) is 4.15. The fourth-order valence-corrected chi connectivity index (χ4v) is 2.53. The molecule has 0 saturated carbocycles. The monoisotopic (exact) mass is 312 g/mol. The topological polar surface area (TPSA) is 91.4 Å². The molecule has 3 rings (SSSR count). The number of carbonyl (C=O) groups is 1. The molecule has 1 aliphatic rings. The van der Waals surface area contributed by atoms with Crippen LogP contribution in [-0.4, -0.2) is 42.2 Å². The predicted molar refractivity (Wildman–Crippen MR) is 81.5 cm³/mol. The molecule has 1 aromatic carbocycles. The van der Waals surface area contributed by atoms with E-state index in [0.29, 0.717) is 24.5 Å². The highest BCUT2D eigenvalue weighted by Gasteiger charge is 2.25. The fourth-order valence-electron chi connectivity index (χ4n) is 2.53. The van der Waals surface area contributed by atoms with E-state index < -0.39 is 0 Å². The number of nitrogens with one attached hydrogen (secondary N) is 1. The van der Waals surface area contributed by atoms with Crippen LogP contribution in [-0.2, 0) is 0 Å². The normalized spacial score (nSPS) is 16.9. The van der Waals surface area contributed by atoms with Crippen molar-refractivity contribution in [2.24, 2.45) is 0 Å². The molecule has 0 unspecified atom stereocenters. The maximum Gasteiger partial charge on any atom is 0.290 e. The van der Waals surface area contributed by atoms with Crippen LogP contribution in [0.3, 0.4) is 0 Å². The van der Waals surface area contributed by atoms with E-state index in [4.69, 9.17) is 14.5 Å². The van der Waals surface area contributed by atoms with Gasteiger partial charge < -0.3 is 19.5 Å². The summed E-state index contributed by atoms with van der Waals surface area (Å²) in [7, 11) is 1.59. The van der Waals surface area contributed by atoms with Gasteiger partial charge in [0.1, 0.15) is 11.4 Å². The average Bonchev–Trinajstić information content (AvgIpc) is 3.24. The number of rotatable bonds is 4. The second kappa shape index (κ2) is 6.40. The molecule has 2 heterocycles. The molecule has 118 valence electrons. The Labute approximate surface area is 133 Å².